The Balaban J connectivity index is 2.35. The van der Waals surface area contributed by atoms with Gasteiger partial charge >= 0.3 is 0 Å². The summed E-state index contributed by atoms with van der Waals surface area (Å²) in [5.74, 6) is -0.0258. The Hall–Kier alpha value is -0.880. The predicted octanol–water partition coefficient (Wildman–Crippen LogP) is 2.77. The third-order valence-corrected chi connectivity index (χ3v) is 5.38. The van der Waals surface area contributed by atoms with E-state index in [1.54, 1.807) is 30.1 Å². The number of thiophene rings is 1. The number of nitrogens with zero attached hydrogens (tertiary/aromatic N) is 1. The summed E-state index contributed by atoms with van der Waals surface area (Å²) in [6.45, 7) is 7.90. The number of hydrogen-bond acceptors (Lipinski definition) is 3. The average molecular weight is 359 g/mol. The predicted molar refractivity (Wildman–Crippen MR) is 83.4 cm³/mol. The van der Waals surface area contributed by atoms with E-state index in [4.69, 9.17) is 0 Å². The van der Waals surface area contributed by atoms with Gasteiger partial charge in [0.2, 0.25) is 11.8 Å². The largest absolute Gasteiger partial charge is 0.340 e. The highest BCUT2D eigenvalue weighted by Crippen LogP contribution is 2.29. The maximum Gasteiger partial charge on any atom is 0.248 e. The molecule has 1 aliphatic rings. The average Bonchev–Trinajstić information content (AvgIpc) is 2.70. The van der Waals surface area contributed by atoms with Gasteiger partial charge in [0.25, 0.3) is 0 Å². The first-order valence-corrected chi connectivity index (χ1v) is 8.26. The van der Waals surface area contributed by atoms with Crippen molar-refractivity contribution in [1.82, 2.24) is 10.2 Å². The van der Waals surface area contributed by atoms with Crippen LogP contribution in [-0.4, -0.2) is 28.3 Å². The Kier molecular flexibility index (Phi) is 4.25. The Morgan fingerprint density at radius 1 is 1.45 bits per heavy atom. The Bertz CT molecular complexity index is 539. The Morgan fingerprint density at radius 2 is 2.10 bits per heavy atom. The molecule has 0 bridgehead atoms. The van der Waals surface area contributed by atoms with Crippen LogP contribution >= 0.6 is 27.3 Å². The number of halogens is 1. The number of carbonyl (C=O) groups excluding carboxylic acids is 2. The summed E-state index contributed by atoms with van der Waals surface area (Å²) in [5, 5.41) is 4.80. The lowest BCUT2D eigenvalue weighted by Gasteiger charge is -2.44. The van der Waals surface area contributed by atoms with Gasteiger partial charge in [-0.25, -0.2) is 0 Å². The second-order valence-corrected chi connectivity index (χ2v) is 7.78. The van der Waals surface area contributed by atoms with Gasteiger partial charge in [-0.3, -0.25) is 9.59 Å². The van der Waals surface area contributed by atoms with Gasteiger partial charge in [-0.15, -0.1) is 11.3 Å². The van der Waals surface area contributed by atoms with E-state index in [2.05, 4.69) is 21.2 Å². The van der Waals surface area contributed by atoms with Crippen LogP contribution in [0.15, 0.2) is 15.9 Å². The molecule has 0 radical (unpaired) electrons. The molecule has 2 heterocycles. The summed E-state index contributed by atoms with van der Waals surface area (Å²) in [5.41, 5.74) is -0.841. The first kappa shape index (κ1) is 15.5. The van der Waals surface area contributed by atoms with Crippen molar-refractivity contribution in [2.24, 2.45) is 5.92 Å². The smallest absolute Gasteiger partial charge is 0.248 e. The number of rotatable bonds is 3. The van der Waals surface area contributed by atoms with Crippen LogP contribution in [0.4, 0.5) is 0 Å². The first-order chi connectivity index (χ1) is 9.24. The van der Waals surface area contributed by atoms with Crippen LogP contribution in [0, 0.1) is 5.92 Å². The zero-order valence-electron chi connectivity index (χ0n) is 12.1. The monoisotopic (exact) mass is 358 g/mol. The lowest BCUT2D eigenvalue weighted by atomic mass is 9.91. The Labute approximate surface area is 131 Å². The van der Waals surface area contributed by atoms with E-state index in [1.807, 2.05) is 25.3 Å². The van der Waals surface area contributed by atoms with Crippen LogP contribution in [0.3, 0.4) is 0 Å². The van der Waals surface area contributed by atoms with Gasteiger partial charge < -0.3 is 10.2 Å². The molecule has 1 atom stereocenters. The second-order valence-electron chi connectivity index (χ2n) is 5.93. The number of carbonyl (C=O) groups is 2. The van der Waals surface area contributed by atoms with Crippen molar-refractivity contribution in [3.8, 4) is 0 Å². The van der Waals surface area contributed by atoms with E-state index >= 15 is 0 Å². The summed E-state index contributed by atoms with van der Waals surface area (Å²) in [7, 11) is 0. The molecule has 110 valence electrons. The molecule has 2 amide bonds. The lowest BCUT2D eigenvalue weighted by Crippen LogP contribution is -2.68. The summed E-state index contributed by atoms with van der Waals surface area (Å²) in [6, 6.07) is 1.55. The van der Waals surface area contributed by atoms with Crippen LogP contribution in [-0.2, 0) is 16.1 Å². The molecule has 1 unspecified atom stereocenters. The van der Waals surface area contributed by atoms with E-state index in [0.29, 0.717) is 6.54 Å². The van der Waals surface area contributed by atoms with Crippen LogP contribution < -0.4 is 5.32 Å². The molecule has 0 aromatic carbocycles. The molecule has 1 aromatic rings. The lowest BCUT2D eigenvalue weighted by molar-refractivity contribution is -0.156. The van der Waals surface area contributed by atoms with Crippen molar-refractivity contribution in [2.75, 3.05) is 0 Å². The van der Waals surface area contributed by atoms with Crippen molar-refractivity contribution in [2.45, 2.75) is 45.8 Å². The normalized spacial score (nSPS) is 22.3. The van der Waals surface area contributed by atoms with Crippen molar-refractivity contribution in [3.05, 3.63) is 20.8 Å². The molecular weight excluding hydrogens is 340 g/mol. The van der Waals surface area contributed by atoms with Crippen LogP contribution in [0.1, 0.15) is 32.6 Å². The quantitative estimate of drug-likeness (QED) is 0.902. The molecule has 0 saturated carbocycles. The van der Waals surface area contributed by atoms with E-state index in [-0.39, 0.29) is 17.7 Å². The maximum absolute atomic E-state index is 12.6. The molecule has 20 heavy (non-hydrogen) atoms. The topological polar surface area (TPSA) is 49.4 Å². The van der Waals surface area contributed by atoms with Gasteiger partial charge in [0.15, 0.2) is 0 Å². The molecule has 1 N–H and O–H groups in total. The highest BCUT2D eigenvalue weighted by molar-refractivity contribution is 9.10. The number of nitrogens with one attached hydrogen (secondary N) is 1. The summed E-state index contributed by atoms with van der Waals surface area (Å²) < 4.78 is 0.988. The van der Waals surface area contributed by atoms with E-state index in [1.165, 1.54) is 0 Å². The minimum atomic E-state index is -0.841. The van der Waals surface area contributed by atoms with Gasteiger partial charge in [-0.2, -0.15) is 0 Å². The van der Waals surface area contributed by atoms with Crippen molar-refractivity contribution in [1.29, 1.82) is 0 Å². The fourth-order valence-corrected chi connectivity index (χ4v) is 3.96. The van der Waals surface area contributed by atoms with Crippen LogP contribution in [0.25, 0.3) is 0 Å². The van der Waals surface area contributed by atoms with Crippen LogP contribution in [0.5, 0.6) is 0 Å². The maximum atomic E-state index is 12.6. The molecule has 1 saturated heterocycles. The molecule has 4 nitrogen and oxygen atoms in total. The highest BCUT2D eigenvalue weighted by atomic mass is 79.9. The molecule has 1 fully saturated rings. The highest BCUT2D eigenvalue weighted by Gasteiger charge is 2.46. The van der Waals surface area contributed by atoms with Crippen molar-refractivity contribution >= 4 is 39.1 Å². The molecule has 0 spiro atoms. The number of hydrogen-bond donors (Lipinski definition) is 1. The summed E-state index contributed by atoms with van der Waals surface area (Å²) in [4.78, 5) is 27.7. The molecule has 6 heteroatoms. The molecule has 1 aromatic heterocycles. The third kappa shape index (κ3) is 2.76. The van der Waals surface area contributed by atoms with Gasteiger partial charge in [-0.1, -0.05) is 13.8 Å². The van der Waals surface area contributed by atoms with Crippen LogP contribution in [0.2, 0.25) is 0 Å². The molecular formula is C14H19BrN2O2S. The van der Waals surface area contributed by atoms with Gasteiger partial charge in [0, 0.05) is 9.35 Å². The minimum Gasteiger partial charge on any atom is -0.340 e. The molecule has 1 aliphatic heterocycles. The van der Waals surface area contributed by atoms with Crippen molar-refractivity contribution < 1.29 is 9.59 Å². The number of piperazine rings is 1. The fourth-order valence-electron chi connectivity index (χ4n) is 2.49. The third-order valence-electron chi connectivity index (χ3n) is 3.47. The SMILES string of the molecule is CC(C)C1C(=O)NC(C)(C)C(=O)N1Cc1sccc1Br. The molecule has 0 aliphatic carbocycles. The van der Waals surface area contributed by atoms with Gasteiger partial charge in [0.1, 0.15) is 11.6 Å². The second kappa shape index (κ2) is 5.48. The van der Waals surface area contributed by atoms with Crippen molar-refractivity contribution in [3.63, 3.8) is 0 Å². The first-order valence-electron chi connectivity index (χ1n) is 6.59. The molecule has 2 rings (SSSR count). The zero-order chi connectivity index (χ0) is 15.1. The standard InChI is InChI=1S/C14H19BrN2O2S/c1-8(2)11-12(18)16-14(3,4)13(19)17(11)7-10-9(15)5-6-20-10/h5-6,8,11H,7H2,1-4H3,(H,16,18). The Morgan fingerprint density at radius 3 is 2.60 bits per heavy atom. The fraction of sp³-hybridized carbons (Fsp3) is 0.571. The van der Waals surface area contributed by atoms with Gasteiger partial charge in [-0.05, 0) is 47.1 Å². The zero-order valence-corrected chi connectivity index (χ0v) is 14.5. The van der Waals surface area contributed by atoms with E-state index in [9.17, 15) is 9.59 Å². The summed E-state index contributed by atoms with van der Waals surface area (Å²) in [6.07, 6.45) is 0. The minimum absolute atomic E-state index is 0.0314. The van der Waals surface area contributed by atoms with Gasteiger partial charge in [0.05, 0.1) is 6.54 Å². The van der Waals surface area contributed by atoms with E-state index < -0.39 is 11.6 Å². The van der Waals surface area contributed by atoms with E-state index in [0.717, 1.165) is 9.35 Å². The number of amides is 2. The summed E-state index contributed by atoms with van der Waals surface area (Å²) >= 11 is 5.07.